The van der Waals surface area contributed by atoms with E-state index in [4.69, 9.17) is 9.31 Å². The van der Waals surface area contributed by atoms with Gasteiger partial charge in [0.05, 0.1) is 0 Å². The smallest absolute Gasteiger partial charge is 0.592 e. The molecule has 0 unspecified atom stereocenters. The number of rotatable bonds is 18. The number of allylic oxidation sites excluding steroid dienone is 2. The van der Waals surface area contributed by atoms with Crippen molar-refractivity contribution in [3.8, 4) is 0 Å². The molecule has 0 N–H and O–H groups in total. The van der Waals surface area contributed by atoms with Crippen LogP contribution in [0.2, 0.25) is 35.9 Å². The van der Waals surface area contributed by atoms with E-state index in [1.54, 1.807) is 0 Å². The summed E-state index contributed by atoms with van der Waals surface area (Å²) in [5.41, 5.74) is 0. The predicted octanol–water partition coefficient (Wildman–Crippen LogP) is 5.63. The maximum atomic E-state index is 6.36. The van der Waals surface area contributed by atoms with E-state index in [9.17, 15) is 0 Å². The van der Waals surface area contributed by atoms with Crippen LogP contribution in [-0.4, -0.2) is 26.9 Å². The third-order valence-electron chi connectivity index (χ3n) is 12.9. The fourth-order valence-corrected chi connectivity index (χ4v) is 10.9. The average Bonchev–Trinajstić information content (AvgIpc) is 2.92. The number of fused-ring (bicyclic) bond motifs is 4. The number of hydrogen-bond acceptors (Lipinski definition) is 2. The van der Waals surface area contributed by atoms with Crippen molar-refractivity contribution in [2.75, 3.05) is 14.2 Å². The second-order valence-corrected chi connectivity index (χ2v) is 14.6. The van der Waals surface area contributed by atoms with Crippen LogP contribution in [0, 0.1) is 0 Å². The monoisotopic (exact) mass is 572 g/mol. The first-order chi connectivity index (χ1) is 18.7. The number of unbranched alkanes of at least 4 members (excludes halogenated alkanes) is 10. The molecule has 4 heterocycles. The summed E-state index contributed by atoms with van der Waals surface area (Å²) in [6, 6.07) is 0. The van der Waals surface area contributed by atoms with Gasteiger partial charge in [-0.3, -0.25) is 0 Å². The molecule has 0 aromatic rings. The Morgan fingerprint density at radius 3 is 1.02 bits per heavy atom. The average molecular weight is 572 g/mol. The van der Waals surface area contributed by atoms with Crippen LogP contribution in [0.15, 0.2) is 12.2 Å². The van der Waals surface area contributed by atoms with E-state index in [0.29, 0.717) is 0 Å². The molecule has 0 amide bonds. The Labute approximate surface area is 295 Å². The van der Waals surface area contributed by atoms with E-state index in [1.807, 2.05) is 14.2 Å². The van der Waals surface area contributed by atoms with Gasteiger partial charge in [0.15, 0.2) is 0 Å². The van der Waals surface area contributed by atoms with Gasteiger partial charge in [0, 0.05) is 0 Å². The minimum atomic E-state index is -0.511. The van der Waals surface area contributed by atoms with Crippen LogP contribution >= 0.6 is 0 Å². The second kappa shape index (κ2) is 20.7. The molecule has 0 aromatic heterocycles. The van der Waals surface area contributed by atoms with Gasteiger partial charge in [0.25, 0.3) is 0 Å². The molecule has 4 aliphatic rings. The van der Waals surface area contributed by atoms with E-state index in [1.165, 1.54) is 167 Å². The van der Waals surface area contributed by atoms with Crippen molar-refractivity contribution in [2.45, 2.75) is 190 Å². The van der Waals surface area contributed by atoms with Gasteiger partial charge in [0.2, 0.25) is 0 Å². The maximum Gasteiger partial charge on any atom is 1.00 e. The quantitative estimate of drug-likeness (QED) is 0.120. The van der Waals surface area contributed by atoms with Gasteiger partial charge in [-0.1, -0.05) is 141 Å². The van der Waals surface area contributed by atoms with Crippen molar-refractivity contribution in [1.29, 1.82) is 0 Å². The molecule has 4 rings (SSSR count). The Kier molecular flexibility index (Phi) is 19.7. The first kappa shape index (κ1) is 38.0. The molecule has 0 radical (unpaired) electrons. The number of hydrogen-bond donors (Lipinski definition) is 0. The Hall–Kier alpha value is 1.79. The summed E-state index contributed by atoms with van der Waals surface area (Å²) in [5, 5.41) is 0. The summed E-state index contributed by atoms with van der Waals surface area (Å²) in [6.45, 7) is 0. The van der Waals surface area contributed by atoms with E-state index in [-0.39, 0.29) is 59.1 Å². The van der Waals surface area contributed by atoms with Crippen LogP contribution in [-0.2, 0) is 9.31 Å². The molecule has 4 aliphatic heterocycles. The molecule has 4 bridgehead atoms. The van der Waals surface area contributed by atoms with Crippen molar-refractivity contribution in [1.82, 2.24) is 0 Å². The van der Waals surface area contributed by atoms with Crippen LogP contribution in [0.1, 0.15) is 154 Å². The molecular weight excluding hydrogens is 508 g/mol. The van der Waals surface area contributed by atoms with Crippen LogP contribution < -0.4 is 59.1 Å². The van der Waals surface area contributed by atoms with Crippen LogP contribution in [0.25, 0.3) is 0 Å². The van der Waals surface area contributed by atoms with Gasteiger partial charge in [-0.15, -0.1) is 23.3 Å². The molecule has 0 aromatic carbocycles. The fourth-order valence-electron chi connectivity index (χ4n) is 10.9. The predicted molar refractivity (Wildman–Crippen MR) is 170 cm³/mol. The van der Waals surface area contributed by atoms with E-state index < -0.39 is 12.7 Å². The van der Waals surface area contributed by atoms with Gasteiger partial charge in [-0.2, -0.15) is 12.6 Å². The van der Waals surface area contributed by atoms with Crippen molar-refractivity contribution in [3.63, 3.8) is 0 Å². The Morgan fingerprint density at radius 2 is 0.725 bits per heavy atom. The van der Waals surface area contributed by atoms with Crippen LogP contribution in [0.5, 0.6) is 0 Å². The van der Waals surface area contributed by atoms with Gasteiger partial charge < -0.3 is 9.31 Å². The molecule has 220 valence electrons. The van der Waals surface area contributed by atoms with E-state index in [2.05, 4.69) is 12.2 Å². The minimum Gasteiger partial charge on any atom is -0.592 e. The summed E-state index contributed by atoms with van der Waals surface area (Å²) in [7, 11) is 4.09. The van der Waals surface area contributed by atoms with Crippen molar-refractivity contribution in [2.24, 2.45) is 0 Å². The zero-order valence-electron chi connectivity index (χ0n) is 27.8. The van der Waals surface area contributed by atoms with E-state index >= 15 is 0 Å². The Bertz CT molecular complexity index is 591. The molecule has 40 heavy (non-hydrogen) atoms. The van der Waals surface area contributed by atoms with Gasteiger partial charge in [-0.05, 0) is 39.9 Å². The molecular formula is C34H64B2Na2O2. The molecule has 0 atom stereocenters. The summed E-state index contributed by atoms with van der Waals surface area (Å²) in [5.74, 6) is 3.68. The van der Waals surface area contributed by atoms with Gasteiger partial charge >= 0.3 is 59.1 Å². The topological polar surface area (TPSA) is 18.5 Å². The Morgan fingerprint density at radius 1 is 0.450 bits per heavy atom. The van der Waals surface area contributed by atoms with Crippen molar-refractivity contribution >= 4 is 12.7 Å². The van der Waals surface area contributed by atoms with Crippen LogP contribution in [0.4, 0.5) is 0 Å². The molecule has 4 fully saturated rings. The second-order valence-electron chi connectivity index (χ2n) is 14.6. The summed E-state index contributed by atoms with van der Waals surface area (Å²) < 4.78 is 12.7. The first-order valence-corrected chi connectivity index (χ1v) is 17.9. The normalized spacial score (nSPS) is 33.4. The van der Waals surface area contributed by atoms with Crippen molar-refractivity contribution < 1.29 is 68.4 Å². The third kappa shape index (κ3) is 10.2. The summed E-state index contributed by atoms with van der Waals surface area (Å²) >= 11 is 0. The maximum absolute atomic E-state index is 6.36. The molecule has 0 spiro atoms. The molecule has 6 heteroatoms. The summed E-state index contributed by atoms with van der Waals surface area (Å²) in [4.78, 5) is 0. The standard InChI is InChI=1S/C34H64B2O2.2Na/c1-37-35(31-21-17-22-32(35)24-18-23-31)29-15-13-11-9-7-5-3-4-6-8-10-12-14-16-30-36(38-2)33-25-19-26-34(36)28-20-27-33;;/h3-4,31-34H,5-30H2,1-2H3;;/q-2;2*+1/b4-3-;;. The first-order valence-electron chi connectivity index (χ1n) is 17.9. The Balaban J connectivity index is 0.00000280. The van der Waals surface area contributed by atoms with Gasteiger partial charge in [-0.25, -0.2) is 0 Å². The van der Waals surface area contributed by atoms with Crippen molar-refractivity contribution in [3.05, 3.63) is 12.2 Å². The SMILES string of the molecule is CO[B-]1(CCCCCCC/C=C\CCCCCCC[B-]2(OC)C3CCCC2CCC3)C2CCCC1CCC2.[Na+].[Na+]. The molecule has 0 saturated carbocycles. The van der Waals surface area contributed by atoms with Crippen LogP contribution in [0.3, 0.4) is 0 Å². The van der Waals surface area contributed by atoms with Gasteiger partial charge in [0.1, 0.15) is 12.7 Å². The summed E-state index contributed by atoms with van der Waals surface area (Å²) in [6.07, 6.45) is 40.8. The largest absolute Gasteiger partial charge is 1.00 e. The molecule has 4 saturated heterocycles. The molecule has 2 nitrogen and oxygen atoms in total. The zero-order chi connectivity index (χ0) is 26.5. The van der Waals surface area contributed by atoms with E-state index in [0.717, 1.165) is 23.3 Å². The zero-order valence-corrected chi connectivity index (χ0v) is 31.8. The molecule has 0 aliphatic carbocycles. The third-order valence-corrected chi connectivity index (χ3v) is 12.9. The minimum absolute atomic E-state index is 0. The fraction of sp³-hybridized carbons (Fsp3) is 0.941.